The highest BCUT2D eigenvalue weighted by Gasteiger charge is 2.27. The van der Waals surface area contributed by atoms with Crippen LogP contribution in [0.1, 0.15) is 33.6 Å². The summed E-state index contributed by atoms with van der Waals surface area (Å²) in [6.45, 7) is 0.287. The lowest BCUT2D eigenvalue weighted by Crippen LogP contribution is -2.27. The van der Waals surface area contributed by atoms with Gasteiger partial charge < -0.3 is 4.74 Å². The molecule has 1 fully saturated rings. The van der Waals surface area contributed by atoms with E-state index in [1.807, 2.05) is 0 Å². The Kier molecular flexibility index (Phi) is 6.82. The molecule has 0 spiro atoms. The third-order valence-electron chi connectivity index (χ3n) is 4.70. The zero-order valence-electron chi connectivity index (χ0n) is 16.2. The number of Topliss-reactive ketones (excluding diaryl/α,β-unsaturated/α-hetero) is 1. The Morgan fingerprint density at radius 2 is 1.55 bits per heavy atom. The number of carbonyl (C=O) groups is 2. The first-order valence-electron chi connectivity index (χ1n) is 9.13. The maximum atomic E-state index is 12.5. The molecule has 1 aliphatic heterocycles. The lowest BCUT2D eigenvalue weighted by Gasteiger charge is -2.15. The van der Waals surface area contributed by atoms with Crippen LogP contribution in [0.3, 0.4) is 0 Å². The van der Waals surface area contributed by atoms with Crippen LogP contribution < -0.4 is 5.14 Å². The van der Waals surface area contributed by atoms with Crippen molar-refractivity contribution in [3.05, 3.63) is 58.6 Å². The van der Waals surface area contributed by atoms with Gasteiger partial charge in [0, 0.05) is 18.7 Å². The molecule has 0 bridgehead atoms. The number of benzene rings is 2. The first-order chi connectivity index (χ1) is 14.5. The van der Waals surface area contributed by atoms with E-state index in [-0.39, 0.29) is 25.9 Å². The topological polar surface area (TPSA) is 141 Å². The van der Waals surface area contributed by atoms with Crippen molar-refractivity contribution in [2.45, 2.75) is 22.6 Å². The first kappa shape index (κ1) is 23.4. The summed E-state index contributed by atoms with van der Waals surface area (Å²) in [6.07, 6.45) is 1.62. The van der Waals surface area contributed by atoms with Crippen molar-refractivity contribution in [1.82, 2.24) is 4.31 Å². The largest absolute Gasteiger partial charge is 0.454 e. The number of esters is 1. The minimum absolute atomic E-state index is 0.0682. The molecule has 3 rings (SSSR count). The Bertz CT molecular complexity index is 1220. The van der Waals surface area contributed by atoms with Crippen LogP contribution in [0.25, 0.3) is 0 Å². The summed E-state index contributed by atoms with van der Waals surface area (Å²) < 4.78 is 54.2. The molecular weight excluding hydrogens is 468 g/mol. The molecule has 0 saturated carbocycles. The highest BCUT2D eigenvalue weighted by Crippen LogP contribution is 2.22. The second-order valence-electron chi connectivity index (χ2n) is 6.82. The Hall–Kier alpha value is -2.31. The number of rotatable bonds is 7. The van der Waals surface area contributed by atoms with Crippen molar-refractivity contribution in [2.24, 2.45) is 5.14 Å². The monoisotopic (exact) mass is 486 g/mol. The lowest BCUT2D eigenvalue weighted by atomic mass is 10.1. The molecule has 0 aliphatic carbocycles. The van der Waals surface area contributed by atoms with Crippen LogP contribution in [0, 0.1) is 0 Å². The molecule has 0 radical (unpaired) electrons. The van der Waals surface area contributed by atoms with Crippen LogP contribution in [0.2, 0.25) is 5.02 Å². The third-order valence-corrected chi connectivity index (χ3v) is 7.85. The fourth-order valence-electron chi connectivity index (χ4n) is 3.02. The molecule has 0 aromatic heterocycles. The molecule has 0 unspecified atom stereocenters. The van der Waals surface area contributed by atoms with Gasteiger partial charge in [0.05, 0.1) is 20.4 Å². The number of halogens is 1. The van der Waals surface area contributed by atoms with Gasteiger partial charge in [-0.15, -0.1) is 0 Å². The Balaban J connectivity index is 1.68. The number of hydrogen-bond donors (Lipinski definition) is 1. The molecule has 0 atom stereocenters. The van der Waals surface area contributed by atoms with Gasteiger partial charge in [0.15, 0.2) is 12.4 Å². The van der Waals surface area contributed by atoms with Gasteiger partial charge in [0.2, 0.25) is 20.0 Å². The molecule has 0 amide bonds. The van der Waals surface area contributed by atoms with E-state index < -0.39 is 38.4 Å². The fraction of sp³-hybridized carbons (Fsp3) is 0.263. The van der Waals surface area contributed by atoms with E-state index in [0.717, 1.165) is 25.0 Å². The summed E-state index contributed by atoms with van der Waals surface area (Å²) >= 11 is 5.91. The van der Waals surface area contributed by atoms with Gasteiger partial charge in [-0.25, -0.2) is 26.8 Å². The molecular formula is C19H19ClN2O7S2. The predicted octanol–water partition coefficient (Wildman–Crippen LogP) is 1.81. The minimum Gasteiger partial charge on any atom is -0.454 e. The Labute approximate surface area is 184 Å². The molecule has 2 aromatic rings. The zero-order chi connectivity index (χ0) is 22.8. The lowest BCUT2D eigenvalue weighted by molar-refractivity contribution is 0.0474. The third kappa shape index (κ3) is 5.31. The van der Waals surface area contributed by atoms with Crippen molar-refractivity contribution >= 4 is 43.4 Å². The van der Waals surface area contributed by atoms with Gasteiger partial charge in [-0.2, -0.15) is 4.31 Å². The number of carbonyl (C=O) groups excluding carboxylic acids is 2. The maximum Gasteiger partial charge on any atom is 0.340 e. The van der Waals surface area contributed by atoms with Gasteiger partial charge in [0.25, 0.3) is 0 Å². The van der Waals surface area contributed by atoms with Crippen molar-refractivity contribution in [2.75, 3.05) is 19.7 Å². The van der Waals surface area contributed by atoms with E-state index in [0.29, 0.717) is 13.1 Å². The second-order valence-corrected chi connectivity index (χ2v) is 10.7. The van der Waals surface area contributed by atoms with E-state index in [9.17, 15) is 26.4 Å². The SMILES string of the molecule is NS(=O)(=O)c1ccc(Cl)c(C(=O)OCC(=O)c2ccc(S(=O)(=O)N3CCCC3)cc2)c1. The van der Waals surface area contributed by atoms with Gasteiger partial charge in [-0.05, 0) is 55.3 Å². The molecule has 1 saturated heterocycles. The summed E-state index contributed by atoms with van der Waals surface area (Å²) in [6, 6.07) is 8.62. The van der Waals surface area contributed by atoms with Crippen molar-refractivity contribution in [1.29, 1.82) is 0 Å². The zero-order valence-corrected chi connectivity index (χ0v) is 18.5. The van der Waals surface area contributed by atoms with E-state index in [1.54, 1.807) is 0 Å². The highest BCUT2D eigenvalue weighted by molar-refractivity contribution is 7.89. The van der Waals surface area contributed by atoms with Crippen molar-refractivity contribution in [3.8, 4) is 0 Å². The van der Waals surface area contributed by atoms with Crippen LogP contribution in [0.15, 0.2) is 52.3 Å². The average molecular weight is 487 g/mol. The Morgan fingerprint density at radius 1 is 0.968 bits per heavy atom. The number of ketones is 1. The van der Waals surface area contributed by atoms with Gasteiger partial charge in [-0.3, -0.25) is 4.79 Å². The number of nitrogens with zero attached hydrogens (tertiary/aromatic N) is 1. The number of sulfonamides is 2. The summed E-state index contributed by atoms with van der Waals surface area (Å²) in [5.74, 6) is -1.57. The van der Waals surface area contributed by atoms with E-state index in [1.165, 1.54) is 34.6 Å². The first-order valence-corrected chi connectivity index (χ1v) is 12.5. The minimum atomic E-state index is -4.06. The van der Waals surface area contributed by atoms with E-state index in [4.69, 9.17) is 21.5 Å². The summed E-state index contributed by atoms with van der Waals surface area (Å²) in [5, 5.41) is 4.97. The maximum absolute atomic E-state index is 12.5. The van der Waals surface area contributed by atoms with Crippen LogP contribution >= 0.6 is 11.6 Å². The average Bonchev–Trinajstić information content (AvgIpc) is 3.27. The number of hydrogen-bond acceptors (Lipinski definition) is 7. The van der Waals surface area contributed by atoms with E-state index >= 15 is 0 Å². The Morgan fingerprint density at radius 3 is 2.13 bits per heavy atom. The van der Waals surface area contributed by atoms with Gasteiger partial charge >= 0.3 is 5.97 Å². The predicted molar refractivity (Wildman–Crippen MR) is 112 cm³/mol. The molecule has 1 aliphatic rings. The molecule has 12 heteroatoms. The molecule has 2 aromatic carbocycles. The number of nitrogens with two attached hydrogens (primary N) is 1. The van der Waals surface area contributed by atoms with Crippen molar-refractivity contribution in [3.63, 3.8) is 0 Å². The van der Waals surface area contributed by atoms with Crippen molar-refractivity contribution < 1.29 is 31.2 Å². The fourth-order valence-corrected chi connectivity index (χ4v) is 5.27. The number of ether oxygens (including phenoxy) is 1. The number of primary sulfonamides is 1. The normalized spacial score (nSPS) is 15.0. The summed E-state index contributed by atoms with van der Waals surface area (Å²) in [7, 11) is -7.66. The van der Waals surface area contributed by atoms with E-state index in [2.05, 4.69) is 0 Å². The van der Waals surface area contributed by atoms with Crippen LogP contribution in [0.4, 0.5) is 0 Å². The molecule has 31 heavy (non-hydrogen) atoms. The second kappa shape index (κ2) is 9.05. The van der Waals surface area contributed by atoms with Crippen LogP contribution in [0.5, 0.6) is 0 Å². The standard InChI is InChI=1S/C19H19ClN2O7S2/c20-17-8-7-15(30(21,25)26)11-16(17)19(24)29-12-18(23)13-3-5-14(6-4-13)31(27,28)22-9-1-2-10-22/h3-8,11H,1-2,9-10,12H2,(H2,21,25,26). The molecule has 9 nitrogen and oxygen atoms in total. The molecule has 166 valence electrons. The highest BCUT2D eigenvalue weighted by atomic mass is 35.5. The smallest absolute Gasteiger partial charge is 0.340 e. The van der Waals surface area contributed by atoms with Crippen LogP contribution in [-0.4, -0.2) is 52.6 Å². The molecule has 1 heterocycles. The van der Waals surface area contributed by atoms with Gasteiger partial charge in [-0.1, -0.05) is 11.6 Å². The van der Waals surface area contributed by atoms with Gasteiger partial charge in [0.1, 0.15) is 0 Å². The summed E-state index contributed by atoms with van der Waals surface area (Å²) in [4.78, 5) is 24.3. The van der Waals surface area contributed by atoms with Crippen LogP contribution in [-0.2, 0) is 24.8 Å². The quantitative estimate of drug-likeness (QED) is 0.464. The molecule has 2 N–H and O–H groups in total. The summed E-state index contributed by atoms with van der Waals surface area (Å²) in [5.41, 5.74) is -0.106.